The molecular weight excluding hydrogens is 164 g/mol. The summed E-state index contributed by atoms with van der Waals surface area (Å²) in [4.78, 5) is 10.4. The molecular formula is C11H14O2. The average Bonchev–Trinajstić information content (AvgIpc) is 2.55. The summed E-state index contributed by atoms with van der Waals surface area (Å²) in [6, 6.07) is 0. The highest BCUT2D eigenvalue weighted by atomic mass is 16.5. The van der Waals surface area contributed by atoms with Crippen molar-refractivity contribution in [1.29, 1.82) is 0 Å². The maximum atomic E-state index is 10.4. The Morgan fingerprint density at radius 3 is 2.77 bits per heavy atom. The zero-order chi connectivity index (χ0) is 9.52. The van der Waals surface area contributed by atoms with Gasteiger partial charge in [-0.2, -0.15) is 0 Å². The van der Waals surface area contributed by atoms with Gasteiger partial charge in [-0.05, 0) is 6.42 Å². The first-order valence-corrected chi connectivity index (χ1v) is 4.44. The van der Waals surface area contributed by atoms with Crippen molar-refractivity contribution in [2.75, 3.05) is 6.61 Å². The van der Waals surface area contributed by atoms with Crippen LogP contribution in [0, 0.1) is 5.92 Å². The third-order valence-corrected chi connectivity index (χ3v) is 1.73. The number of esters is 1. The number of ether oxygens (including phenoxy) is 1. The second-order valence-electron chi connectivity index (χ2n) is 2.90. The van der Waals surface area contributed by atoms with Crippen LogP contribution in [0.2, 0.25) is 0 Å². The normalized spacial score (nSPS) is 15.8. The van der Waals surface area contributed by atoms with E-state index in [1.165, 1.54) is 6.92 Å². The number of rotatable bonds is 4. The summed E-state index contributed by atoms with van der Waals surface area (Å²) in [7, 11) is 0. The van der Waals surface area contributed by atoms with E-state index in [4.69, 9.17) is 4.74 Å². The highest BCUT2D eigenvalue weighted by molar-refractivity contribution is 5.65. The van der Waals surface area contributed by atoms with Crippen LogP contribution in [-0.2, 0) is 9.53 Å². The minimum atomic E-state index is -0.214. The van der Waals surface area contributed by atoms with Gasteiger partial charge in [0.2, 0.25) is 0 Å². The SMILES string of the molecule is CC(=O)OCC/C=C/C1C=CC=C1. The summed E-state index contributed by atoms with van der Waals surface area (Å²) in [5.41, 5.74) is 0. The lowest BCUT2D eigenvalue weighted by molar-refractivity contribution is -0.140. The smallest absolute Gasteiger partial charge is 0.302 e. The zero-order valence-electron chi connectivity index (χ0n) is 7.77. The monoisotopic (exact) mass is 178 g/mol. The minimum absolute atomic E-state index is 0.214. The molecule has 0 radical (unpaired) electrons. The van der Waals surface area contributed by atoms with Crippen molar-refractivity contribution >= 4 is 5.97 Å². The van der Waals surface area contributed by atoms with Crippen molar-refractivity contribution in [2.45, 2.75) is 13.3 Å². The highest BCUT2D eigenvalue weighted by Crippen LogP contribution is 2.09. The molecule has 0 spiro atoms. The number of hydrogen-bond donors (Lipinski definition) is 0. The van der Waals surface area contributed by atoms with Crippen LogP contribution in [0.5, 0.6) is 0 Å². The van der Waals surface area contributed by atoms with Gasteiger partial charge in [0.25, 0.3) is 0 Å². The molecule has 0 N–H and O–H groups in total. The topological polar surface area (TPSA) is 26.3 Å². The van der Waals surface area contributed by atoms with E-state index in [1.54, 1.807) is 0 Å². The van der Waals surface area contributed by atoms with Crippen LogP contribution in [0.4, 0.5) is 0 Å². The van der Waals surface area contributed by atoms with E-state index in [1.807, 2.05) is 18.2 Å². The first-order chi connectivity index (χ1) is 6.29. The van der Waals surface area contributed by atoms with Gasteiger partial charge in [-0.1, -0.05) is 36.5 Å². The first-order valence-electron chi connectivity index (χ1n) is 4.44. The van der Waals surface area contributed by atoms with E-state index in [9.17, 15) is 4.79 Å². The van der Waals surface area contributed by atoms with E-state index >= 15 is 0 Å². The second-order valence-corrected chi connectivity index (χ2v) is 2.90. The molecule has 0 fully saturated rings. The van der Waals surface area contributed by atoms with Crippen molar-refractivity contribution in [3.05, 3.63) is 36.5 Å². The summed E-state index contributed by atoms with van der Waals surface area (Å²) >= 11 is 0. The fraction of sp³-hybridized carbons (Fsp3) is 0.364. The maximum Gasteiger partial charge on any atom is 0.302 e. The molecule has 0 heterocycles. The third kappa shape index (κ3) is 4.31. The summed E-state index contributed by atoms with van der Waals surface area (Å²) in [6.07, 6.45) is 13.2. The molecule has 1 aliphatic carbocycles. The molecule has 0 bridgehead atoms. The van der Waals surface area contributed by atoms with Crippen LogP contribution in [0.3, 0.4) is 0 Å². The molecule has 2 nitrogen and oxygen atoms in total. The van der Waals surface area contributed by atoms with Crippen LogP contribution in [-0.4, -0.2) is 12.6 Å². The molecule has 0 aromatic heterocycles. The van der Waals surface area contributed by atoms with Crippen LogP contribution in [0.25, 0.3) is 0 Å². The molecule has 1 rings (SSSR count). The lowest BCUT2D eigenvalue weighted by atomic mass is 10.1. The molecule has 1 aliphatic rings. The molecule has 0 aromatic carbocycles. The molecule has 0 unspecified atom stereocenters. The van der Waals surface area contributed by atoms with Crippen molar-refractivity contribution in [3.63, 3.8) is 0 Å². The Labute approximate surface area is 78.6 Å². The van der Waals surface area contributed by atoms with E-state index in [0.717, 1.165) is 6.42 Å². The first kappa shape index (κ1) is 9.78. The van der Waals surface area contributed by atoms with Gasteiger partial charge in [-0.25, -0.2) is 0 Å². The number of allylic oxidation sites excluding steroid dienone is 5. The summed E-state index contributed by atoms with van der Waals surface area (Å²) in [6.45, 7) is 1.90. The van der Waals surface area contributed by atoms with Crippen LogP contribution >= 0.6 is 0 Å². The number of hydrogen-bond acceptors (Lipinski definition) is 2. The van der Waals surface area contributed by atoms with Gasteiger partial charge in [0, 0.05) is 12.8 Å². The maximum absolute atomic E-state index is 10.4. The summed E-state index contributed by atoms with van der Waals surface area (Å²) in [5.74, 6) is 0.214. The fourth-order valence-corrected chi connectivity index (χ4v) is 1.10. The van der Waals surface area contributed by atoms with Crippen molar-refractivity contribution in [1.82, 2.24) is 0 Å². The fourth-order valence-electron chi connectivity index (χ4n) is 1.10. The predicted octanol–water partition coefficient (Wildman–Crippen LogP) is 2.24. The third-order valence-electron chi connectivity index (χ3n) is 1.73. The van der Waals surface area contributed by atoms with Crippen LogP contribution in [0.15, 0.2) is 36.5 Å². The largest absolute Gasteiger partial charge is 0.466 e. The van der Waals surface area contributed by atoms with E-state index in [-0.39, 0.29) is 5.97 Å². The van der Waals surface area contributed by atoms with Gasteiger partial charge in [-0.15, -0.1) is 0 Å². The standard InChI is InChI=1S/C11H14O2/c1-10(12)13-9-5-4-8-11-6-2-3-7-11/h2-4,6-8,11H,5,9H2,1H3/b8-4+. The molecule has 70 valence electrons. The van der Waals surface area contributed by atoms with Gasteiger partial charge >= 0.3 is 5.97 Å². The van der Waals surface area contributed by atoms with Gasteiger partial charge in [0.15, 0.2) is 0 Å². The minimum Gasteiger partial charge on any atom is -0.466 e. The van der Waals surface area contributed by atoms with E-state index in [2.05, 4.69) is 18.2 Å². The Bertz CT molecular complexity index is 237. The van der Waals surface area contributed by atoms with E-state index in [0.29, 0.717) is 12.5 Å². The van der Waals surface area contributed by atoms with Crippen LogP contribution < -0.4 is 0 Å². The Balaban J connectivity index is 2.08. The molecule has 0 saturated carbocycles. The molecule has 0 aliphatic heterocycles. The quantitative estimate of drug-likeness (QED) is 0.375. The van der Waals surface area contributed by atoms with E-state index < -0.39 is 0 Å². The number of carbonyl (C=O) groups excluding carboxylic acids is 1. The Morgan fingerprint density at radius 1 is 1.46 bits per heavy atom. The molecule has 0 saturated heterocycles. The summed E-state index contributed by atoms with van der Waals surface area (Å²) < 4.78 is 4.78. The lowest BCUT2D eigenvalue weighted by Crippen LogP contribution is -1.99. The molecule has 2 heteroatoms. The Hall–Kier alpha value is -1.31. The highest BCUT2D eigenvalue weighted by Gasteiger charge is 1.96. The van der Waals surface area contributed by atoms with Crippen molar-refractivity contribution in [2.24, 2.45) is 5.92 Å². The zero-order valence-corrected chi connectivity index (χ0v) is 7.77. The Morgan fingerprint density at radius 2 is 2.15 bits per heavy atom. The molecule has 0 atom stereocenters. The summed E-state index contributed by atoms with van der Waals surface area (Å²) in [5, 5.41) is 0. The molecule has 0 amide bonds. The predicted molar refractivity (Wildman–Crippen MR) is 52.2 cm³/mol. The van der Waals surface area contributed by atoms with Gasteiger partial charge in [0.1, 0.15) is 0 Å². The van der Waals surface area contributed by atoms with Crippen LogP contribution in [0.1, 0.15) is 13.3 Å². The van der Waals surface area contributed by atoms with Gasteiger partial charge in [-0.3, -0.25) is 4.79 Å². The lowest BCUT2D eigenvalue weighted by Gasteiger charge is -1.98. The second kappa shape index (κ2) is 5.36. The van der Waals surface area contributed by atoms with Gasteiger partial charge in [0.05, 0.1) is 6.61 Å². The average molecular weight is 178 g/mol. The molecule has 0 aromatic rings. The van der Waals surface area contributed by atoms with Gasteiger partial charge < -0.3 is 4.74 Å². The van der Waals surface area contributed by atoms with Crippen molar-refractivity contribution in [3.8, 4) is 0 Å². The Kier molecular flexibility index (Phi) is 4.03. The molecule has 13 heavy (non-hydrogen) atoms. The number of carbonyl (C=O) groups is 1. The van der Waals surface area contributed by atoms with Crippen molar-refractivity contribution < 1.29 is 9.53 Å².